The molecule has 1 N–H and O–H groups in total. The molecule has 0 saturated carbocycles. The van der Waals surface area contributed by atoms with Crippen LogP contribution in [0.5, 0.6) is 5.75 Å². The standard InChI is InChI=1S/C20H29N5O/c1-16(2)8-10-21-19-9-11-22-20(23-19)25-14-12-24(13-15-25)17-6-4-5-7-18(17)26-3/h4-7,9,11,16H,8,10,12-15H2,1-3H3,(H,21,22,23). The number of hydrogen-bond acceptors (Lipinski definition) is 6. The van der Waals surface area contributed by atoms with Crippen molar-refractivity contribution >= 4 is 17.5 Å². The molecule has 0 radical (unpaired) electrons. The second-order valence-electron chi connectivity index (χ2n) is 7.00. The summed E-state index contributed by atoms with van der Waals surface area (Å²) in [5, 5.41) is 3.40. The number of anilines is 3. The Hall–Kier alpha value is -2.50. The maximum atomic E-state index is 5.49. The molecule has 1 aliphatic rings. The Morgan fingerprint density at radius 3 is 2.54 bits per heavy atom. The summed E-state index contributed by atoms with van der Waals surface area (Å²) in [6.07, 6.45) is 2.98. The Balaban J connectivity index is 1.59. The predicted molar refractivity (Wildman–Crippen MR) is 107 cm³/mol. The van der Waals surface area contributed by atoms with Gasteiger partial charge in [-0.25, -0.2) is 4.98 Å². The lowest BCUT2D eigenvalue weighted by molar-refractivity contribution is 0.413. The molecule has 0 spiro atoms. The molecule has 1 saturated heterocycles. The van der Waals surface area contributed by atoms with Gasteiger partial charge in [0.15, 0.2) is 0 Å². The zero-order chi connectivity index (χ0) is 18.4. The van der Waals surface area contributed by atoms with E-state index in [1.807, 2.05) is 24.4 Å². The topological polar surface area (TPSA) is 53.5 Å². The largest absolute Gasteiger partial charge is 0.495 e. The fourth-order valence-corrected chi connectivity index (χ4v) is 3.13. The molecule has 3 rings (SSSR count). The van der Waals surface area contributed by atoms with E-state index in [1.165, 1.54) is 0 Å². The molecule has 1 aromatic carbocycles. The van der Waals surface area contributed by atoms with E-state index in [0.29, 0.717) is 5.92 Å². The molecule has 1 aromatic heterocycles. The first kappa shape index (κ1) is 18.3. The SMILES string of the molecule is COc1ccccc1N1CCN(c2nccc(NCCC(C)C)n2)CC1. The first-order valence-corrected chi connectivity index (χ1v) is 9.37. The molecule has 6 nitrogen and oxygen atoms in total. The van der Waals surface area contributed by atoms with Crippen LogP contribution in [0.1, 0.15) is 20.3 Å². The Morgan fingerprint density at radius 1 is 1.08 bits per heavy atom. The third-order valence-electron chi connectivity index (χ3n) is 4.66. The van der Waals surface area contributed by atoms with E-state index in [-0.39, 0.29) is 0 Å². The zero-order valence-corrected chi connectivity index (χ0v) is 16.0. The summed E-state index contributed by atoms with van der Waals surface area (Å²) in [6.45, 7) is 9.04. The first-order chi connectivity index (χ1) is 12.7. The first-order valence-electron chi connectivity index (χ1n) is 9.37. The van der Waals surface area contributed by atoms with Crippen molar-refractivity contribution in [1.82, 2.24) is 9.97 Å². The second-order valence-corrected chi connectivity index (χ2v) is 7.00. The van der Waals surface area contributed by atoms with E-state index in [4.69, 9.17) is 4.74 Å². The number of para-hydroxylation sites is 2. The van der Waals surface area contributed by atoms with Gasteiger partial charge in [-0.2, -0.15) is 4.98 Å². The summed E-state index contributed by atoms with van der Waals surface area (Å²) < 4.78 is 5.49. The van der Waals surface area contributed by atoms with Crippen molar-refractivity contribution in [2.24, 2.45) is 5.92 Å². The van der Waals surface area contributed by atoms with Crippen LogP contribution in [0, 0.1) is 5.92 Å². The van der Waals surface area contributed by atoms with Gasteiger partial charge in [-0.3, -0.25) is 0 Å². The van der Waals surface area contributed by atoms with Crippen molar-refractivity contribution < 1.29 is 4.74 Å². The van der Waals surface area contributed by atoms with Crippen LogP contribution in [0.25, 0.3) is 0 Å². The van der Waals surface area contributed by atoms with Crippen LogP contribution < -0.4 is 19.9 Å². The summed E-state index contributed by atoms with van der Waals surface area (Å²) in [5.74, 6) is 3.32. The van der Waals surface area contributed by atoms with Gasteiger partial charge < -0.3 is 19.9 Å². The normalized spacial score (nSPS) is 14.6. The average Bonchev–Trinajstić information content (AvgIpc) is 2.68. The molecule has 1 aliphatic heterocycles. The van der Waals surface area contributed by atoms with Gasteiger partial charge in [-0.1, -0.05) is 26.0 Å². The zero-order valence-electron chi connectivity index (χ0n) is 16.0. The number of rotatable bonds is 7. The van der Waals surface area contributed by atoms with Crippen LogP contribution in [0.2, 0.25) is 0 Å². The highest BCUT2D eigenvalue weighted by molar-refractivity contribution is 5.59. The lowest BCUT2D eigenvalue weighted by atomic mass is 10.1. The molecule has 2 heterocycles. The van der Waals surface area contributed by atoms with Crippen LogP contribution in [-0.2, 0) is 0 Å². The molecular formula is C20H29N5O. The Bertz CT molecular complexity index is 698. The summed E-state index contributed by atoms with van der Waals surface area (Å²) >= 11 is 0. The molecule has 0 unspecified atom stereocenters. The lowest BCUT2D eigenvalue weighted by Gasteiger charge is -2.36. The molecular weight excluding hydrogens is 326 g/mol. The van der Waals surface area contributed by atoms with Gasteiger partial charge in [-0.15, -0.1) is 0 Å². The van der Waals surface area contributed by atoms with E-state index >= 15 is 0 Å². The van der Waals surface area contributed by atoms with Crippen LogP contribution in [0.15, 0.2) is 36.5 Å². The van der Waals surface area contributed by atoms with Gasteiger partial charge in [0, 0.05) is 38.9 Å². The Labute approximate surface area is 156 Å². The number of benzene rings is 1. The van der Waals surface area contributed by atoms with Crippen LogP contribution in [-0.4, -0.2) is 49.8 Å². The molecule has 26 heavy (non-hydrogen) atoms. The van der Waals surface area contributed by atoms with Crippen molar-refractivity contribution in [3.8, 4) is 5.75 Å². The lowest BCUT2D eigenvalue weighted by Crippen LogP contribution is -2.47. The van der Waals surface area contributed by atoms with E-state index in [9.17, 15) is 0 Å². The number of hydrogen-bond donors (Lipinski definition) is 1. The fourth-order valence-electron chi connectivity index (χ4n) is 3.13. The molecule has 0 bridgehead atoms. The molecule has 6 heteroatoms. The maximum Gasteiger partial charge on any atom is 0.227 e. The average molecular weight is 355 g/mol. The molecule has 0 aliphatic carbocycles. The maximum absolute atomic E-state index is 5.49. The monoisotopic (exact) mass is 355 g/mol. The number of piperazine rings is 1. The predicted octanol–water partition coefficient (Wildman–Crippen LogP) is 3.27. The van der Waals surface area contributed by atoms with Gasteiger partial charge in [0.25, 0.3) is 0 Å². The minimum absolute atomic E-state index is 0.687. The highest BCUT2D eigenvalue weighted by Gasteiger charge is 2.21. The molecule has 0 atom stereocenters. The Kier molecular flexibility index (Phi) is 6.15. The van der Waals surface area contributed by atoms with Gasteiger partial charge >= 0.3 is 0 Å². The van der Waals surface area contributed by atoms with Gasteiger partial charge in [-0.05, 0) is 30.5 Å². The number of nitrogens with one attached hydrogen (secondary N) is 1. The summed E-state index contributed by atoms with van der Waals surface area (Å²) in [4.78, 5) is 13.8. The van der Waals surface area contributed by atoms with Crippen LogP contribution >= 0.6 is 0 Å². The summed E-state index contributed by atoms with van der Waals surface area (Å²) in [7, 11) is 1.72. The third-order valence-corrected chi connectivity index (χ3v) is 4.66. The minimum atomic E-state index is 0.687. The third kappa shape index (κ3) is 4.56. The van der Waals surface area contributed by atoms with Crippen molar-refractivity contribution in [2.75, 3.05) is 55.0 Å². The van der Waals surface area contributed by atoms with E-state index < -0.39 is 0 Å². The number of methoxy groups -OCH3 is 1. The summed E-state index contributed by atoms with van der Waals surface area (Å²) in [5.41, 5.74) is 1.15. The van der Waals surface area contributed by atoms with Gasteiger partial charge in [0.05, 0.1) is 12.8 Å². The minimum Gasteiger partial charge on any atom is -0.495 e. The summed E-state index contributed by atoms with van der Waals surface area (Å²) in [6, 6.07) is 10.1. The Morgan fingerprint density at radius 2 is 1.81 bits per heavy atom. The second kappa shape index (κ2) is 8.74. The molecule has 1 fully saturated rings. The fraction of sp³-hybridized carbons (Fsp3) is 0.500. The van der Waals surface area contributed by atoms with Crippen LogP contribution in [0.4, 0.5) is 17.5 Å². The van der Waals surface area contributed by atoms with Crippen molar-refractivity contribution in [2.45, 2.75) is 20.3 Å². The van der Waals surface area contributed by atoms with Gasteiger partial charge in [0.2, 0.25) is 5.95 Å². The molecule has 2 aromatic rings. The smallest absolute Gasteiger partial charge is 0.227 e. The highest BCUT2D eigenvalue weighted by Crippen LogP contribution is 2.28. The highest BCUT2D eigenvalue weighted by atomic mass is 16.5. The van der Waals surface area contributed by atoms with E-state index in [0.717, 1.165) is 62.3 Å². The molecule has 140 valence electrons. The van der Waals surface area contributed by atoms with Crippen molar-refractivity contribution in [1.29, 1.82) is 0 Å². The van der Waals surface area contributed by atoms with Gasteiger partial charge in [0.1, 0.15) is 11.6 Å². The quantitative estimate of drug-likeness (QED) is 0.823. The van der Waals surface area contributed by atoms with E-state index in [1.54, 1.807) is 7.11 Å². The molecule has 0 amide bonds. The van der Waals surface area contributed by atoms with Crippen molar-refractivity contribution in [3.63, 3.8) is 0 Å². The number of ether oxygens (including phenoxy) is 1. The van der Waals surface area contributed by atoms with Crippen molar-refractivity contribution in [3.05, 3.63) is 36.5 Å². The number of nitrogens with zero attached hydrogens (tertiary/aromatic N) is 4. The van der Waals surface area contributed by atoms with Crippen LogP contribution in [0.3, 0.4) is 0 Å². The van der Waals surface area contributed by atoms with E-state index in [2.05, 4.69) is 51.1 Å². The number of aromatic nitrogens is 2.